The molecule has 2 aromatic heterocycles. The largest absolute Gasteiger partial charge is 0.456 e. The standard InChI is InChI=1S/C31H17NO3S/c33-30-19-8-1-4-13-25(19)34-28-16-20-18-9-7-12-24(31(18)36-29(20)17-21(28)30)32-22-10-2-5-14-26(22)35-27-15-6-3-11-23(27)32/h1-17H. The molecule has 8 rings (SSSR count). The molecule has 0 saturated heterocycles. The summed E-state index contributed by atoms with van der Waals surface area (Å²) in [5, 5.41) is 3.42. The Labute approximate surface area is 209 Å². The van der Waals surface area contributed by atoms with Crippen molar-refractivity contribution in [3.8, 4) is 11.5 Å². The molecule has 4 nitrogen and oxygen atoms in total. The van der Waals surface area contributed by atoms with Crippen LogP contribution in [0.4, 0.5) is 17.1 Å². The molecule has 0 bridgehead atoms. The Kier molecular flexibility index (Phi) is 3.93. The average Bonchev–Trinajstić information content (AvgIpc) is 3.29. The molecule has 5 heteroatoms. The predicted molar refractivity (Wildman–Crippen MR) is 148 cm³/mol. The number of para-hydroxylation sites is 5. The molecule has 0 amide bonds. The van der Waals surface area contributed by atoms with Crippen LogP contribution in [-0.4, -0.2) is 0 Å². The summed E-state index contributed by atoms with van der Waals surface area (Å²) in [6.45, 7) is 0. The number of nitrogens with zero attached hydrogens (tertiary/aromatic N) is 1. The highest BCUT2D eigenvalue weighted by Gasteiger charge is 2.27. The summed E-state index contributed by atoms with van der Waals surface area (Å²) in [6, 6.07) is 34.0. The normalized spacial score (nSPS) is 12.7. The lowest BCUT2D eigenvalue weighted by atomic mass is 10.1. The molecule has 0 saturated carbocycles. The van der Waals surface area contributed by atoms with Crippen molar-refractivity contribution in [3.63, 3.8) is 0 Å². The fraction of sp³-hybridized carbons (Fsp3) is 0. The Morgan fingerprint density at radius 3 is 2.06 bits per heavy atom. The molecule has 1 aliphatic heterocycles. The highest BCUT2D eigenvalue weighted by molar-refractivity contribution is 7.26. The molecule has 5 aromatic carbocycles. The average molecular weight is 484 g/mol. The van der Waals surface area contributed by atoms with Gasteiger partial charge in [0.05, 0.1) is 32.5 Å². The Morgan fingerprint density at radius 2 is 1.25 bits per heavy atom. The van der Waals surface area contributed by atoms with Crippen LogP contribution < -0.4 is 15.1 Å². The lowest BCUT2D eigenvalue weighted by Crippen LogP contribution is -2.15. The highest BCUT2D eigenvalue weighted by Crippen LogP contribution is 2.53. The maximum atomic E-state index is 13.3. The van der Waals surface area contributed by atoms with Gasteiger partial charge in [-0.15, -0.1) is 11.3 Å². The van der Waals surface area contributed by atoms with Crippen molar-refractivity contribution in [2.24, 2.45) is 0 Å². The predicted octanol–water partition coefficient (Wildman–Crippen LogP) is 8.89. The molecular formula is C31H17NO3S. The van der Waals surface area contributed by atoms with Crippen molar-refractivity contribution >= 4 is 70.5 Å². The van der Waals surface area contributed by atoms with Gasteiger partial charge >= 0.3 is 0 Å². The highest BCUT2D eigenvalue weighted by atomic mass is 32.1. The molecule has 0 spiro atoms. The zero-order chi connectivity index (χ0) is 23.8. The van der Waals surface area contributed by atoms with Gasteiger partial charge in [0.15, 0.2) is 11.5 Å². The number of benzene rings is 5. The van der Waals surface area contributed by atoms with Gasteiger partial charge in [0.25, 0.3) is 0 Å². The van der Waals surface area contributed by atoms with E-state index in [-0.39, 0.29) is 5.43 Å². The maximum absolute atomic E-state index is 13.3. The second-order valence-electron chi connectivity index (χ2n) is 8.90. The third-order valence-electron chi connectivity index (χ3n) is 6.85. The Balaban J connectivity index is 1.45. The van der Waals surface area contributed by atoms with Crippen LogP contribution in [0.3, 0.4) is 0 Å². The van der Waals surface area contributed by atoms with E-state index < -0.39 is 0 Å². The molecule has 7 aromatic rings. The fourth-order valence-electron chi connectivity index (χ4n) is 5.22. The molecule has 36 heavy (non-hydrogen) atoms. The summed E-state index contributed by atoms with van der Waals surface area (Å²) in [5.41, 5.74) is 4.28. The smallest absolute Gasteiger partial charge is 0.200 e. The van der Waals surface area contributed by atoms with Crippen LogP contribution in [0.25, 0.3) is 42.1 Å². The number of rotatable bonds is 1. The van der Waals surface area contributed by atoms with Gasteiger partial charge in [-0.3, -0.25) is 4.79 Å². The van der Waals surface area contributed by atoms with Gasteiger partial charge in [0, 0.05) is 15.5 Å². The summed E-state index contributed by atoms with van der Waals surface area (Å²) >= 11 is 1.70. The van der Waals surface area contributed by atoms with E-state index in [1.807, 2.05) is 72.8 Å². The van der Waals surface area contributed by atoms with Gasteiger partial charge in [-0.25, -0.2) is 0 Å². The summed E-state index contributed by atoms with van der Waals surface area (Å²) in [6.07, 6.45) is 0. The van der Waals surface area contributed by atoms with Gasteiger partial charge in [0.1, 0.15) is 11.2 Å². The number of thiophene rings is 1. The third-order valence-corrected chi connectivity index (χ3v) is 8.04. The monoisotopic (exact) mass is 483 g/mol. The lowest BCUT2D eigenvalue weighted by molar-refractivity contribution is 0.477. The molecule has 0 unspecified atom stereocenters. The van der Waals surface area contributed by atoms with Crippen molar-refractivity contribution in [1.82, 2.24) is 0 Å². The first-order valence-corrected chi connectivity index (χ1v) is 12.5. The topological polar surface area (TPSA) is 42.7 Å². The van der Waals surface area contributed by atoms with Crippen LogP contribution in [0.2, 0.25) is 0 Å². The second kappa shape index (κ2) is 7.20. The molecule has 0 fully saturated rings. The first-order valence-electron chi connectivity index (χ1n) is 11.7. The van der Waals surface area contributed by atoms with Gasteiger partial charge in [-0.1, -0.05) is 48.5 Å². The van der Waals surface area contributed by atoms with E-state index in [0.717, 1.165) is 48.7 Å². The van der Waals surface area contributed by atoms with Crippen LogP contribution in [0.15, 0.2) is 112 Å². The summed E-state index contributed by atoms with van der Waals surface area (Å²) < 4.78 is 14.6. The zero-order valence-electron chi connectivity index (χ0n) is 18.9. The minimum atomic E-state index is 0.00228. The van der Waals surface area contributed by atoms with Crippen molar-refractivity contribution in [3.05, 3.63) is 113 Å². The van der Waals surface area contributed by atoms with Crippen molar-refractivity contribution in [2.45, 2.75) is 0 Å². The van der Waals surface area contributed by atoms with Crippen LogP contribution in [0, 0.1) is 0 Å². The van der Waals surface area contributed by atoms with E-state index in [0.29, 0.717) is 21.9 Å². The second-order valence-corrected chi connectivity index (χ2v) is 9.95. The minimum Gasteiger partial charge on any atom is -0.456 e. The van der Waals surface area contributed by atoms with Crippen LogP contribution >= 0.6 is 11.3 Å². The van der Waals surface area contributed by atoms with Crippen molar-refractivity contribution in [1.29, 1.82) is 0 Å². The van der Waals surface area contributed by atoms with E-state index in [9.17, 15) is 4.79 Å². The number of hydrogen-bond donors (Lipinski definition) is 0. The van der Waals surface area contributed by atoms with Crippen LogP contribution in [0.1, 0.15) is 0 Å². The minimum absolute atomic E-state index is 0.00228. The van der Waals surface area contributed by atoms with E-state index >= 15 is 0 Å². The number of ether oxygens (including phenoxy) is 1. The zero-order valence-corrected chi connectivity index (χ0v) is 19.7. The summed E-state index contributed by atoms with van der Waals surface area (Å²) in [7, 11) is 0. The lowest BCUT2D eigenvalue weighted by Gasteiger charge is -2.33. The first kappa shape index (κ1) is 19.7. The van der Waals surface area contributed by atoms with E-state index in [2.05, 4.69) is 35.2 Å². The van der Waals surface area contributed by atoms with Crippen molar-refractivity contribution in [2.75, 3.05) is 4.90 Å². The summed E-state index contributed by atoms with van der Waals surface area (Å²) in [5.74, 6) is 1.64. The molecule has 0 aliphatic carbocycles. The molecule has 0 atom stereocenters. The first-order chi connectivity index (χ1) is 17.8. The number of hydrogen-bond acceptors (Lipinski definition) is 5. The van der Waals surface area contributed by atoms with E-state index in [1.165, 1.54) is 0 Å². The molecular weight excluding hydrogens is 466 g/mol. The Hall–Kier alpha value is -4.61. The fourth-order valence-corrected chi connectivity index (χ4v) is 6.45. The number of anilines is 3. The maximum Gasteiger partial charge on any atom is 0.200 e. The van der Waals surface area contributed by atoms with Crippen LogP contribution in [0.5, 0.6) is 11.5 Å². The van der Waals surface area contributed by atoms with Crippen molar-refractivity contribution < 1.29 is 9.15 Å². The molecule has 0 N–H and O–H groups in total. The Bertz CT molecular complexity index is 2030. The van der Waals surface area contributed by atoms with E-state index in [1.54, 1.807) is 11.3 Å². The van der Waals surface area contributed by atoms with Gasteiger partial charge in [0.2, 0.25) is 5.43 Å². The molecule has 170 valence electrons. The molecule has 0 radical (unpaired) electrons. The van der Waals surface area contributed by atoms with Crippen LogP contribution in [-0.2, 0) is 0 Å². The van der Waals surface area contributed by atoms with Gasteiger partial charge < -0.3 is 14.1 Å². The quantitative estimate of drug-likeness (QED) is 0.219. The molecule has 1 aliphatic rings. The summed E-state index contributed by atoms with van der Waals surface area (Å²) in [4.78, 5) is 15.5. The van der Waals surface area contributed by atoms with Gasteiger partial charge in [-0.2, -0.15) is 0 Å². The SMILES string of the molecule is O=c1c2ccccc2oc2cc3c(cc12)sc1c(N2c4ccccc4Oc4ccccc42)cccc13. The number of fused-ring (bicyclic) bond motifs is 7. The Morgan fingerprint density at radius 1 is 0.583 bits per heavy atom. The third kappa shape index (κ3) is 2.66. The van der Waals surface area contributed by atoms with Gasteiger partial charge in [-0.05, 0) is 54.6 Å². The van der Waals surface area contributed by atoms with E-state index in [4.69, 9.17) is 9.15 Å². The molecule has 3 heterocycles.